The van der Waals surface area contributed by atoms with Gasteiger partial charge in [0.2, 0.25) is 11.8 Å². The first-order valence-electron chi connectivity index (χ1n) is 12.2. The van der Waals surface area contributed by atoms with Crippen LogP contribution in [-0.2, 0) is 20.9 Å². The maximum atomic E-state index is 13.8. The van der Waals surface area contributed by atoms with Crippen LogP contribution in [0.25, 0.3) is 6.08 Å². The van der Waals surface area contributed by atoms with Gasteiger partial charge in [0.15, 0.2) is 0 Å². The summed E-state index contributed by atoms with van der Waals surface area (Å²) < 4.78 is 7.19. The second-order valence-corrected chi connectivity index (χ2v) is 9.85. The fraction of sp³-hybridized carbons (Fsp3) is 0.640. The first kappa shape index (κ1) is 22.3. The van der Waals surface area contributed by atoms with Crippen LogP contribution in [0.3, 0.4) is 0 Å². The van der Waals surface area contributed by atoms with Crippen molar-refractivity contribution in [2.75, 3.05) is 26.4 Å². The number of aliphatic hydroxyl groups is 1. The molecule has 3 aliphatic heterocycles. The Morgan fingerprint density at radius 1 is 1.21 bits per heavy atom. The van der Waals surface area contributed by atoms with E-state index in [1.807, 2.05) is 19.1 Å². The van der Waals surface area contributed by atoms with E-state index in [-0.39, 0.29) is 41.9 Å². The Labute approximate surface area is 193 Å². The zero-order valence-corrected chi connectivity index (χ0v) is 19.1. The van der Waals surface area contributed by atoms with Gasteiger partial charge in [-0.05, 0) is 50.7 Å². The van der Waals surface area contributed by atoms with Crippen molar-refractivity contribution >= 4 is 17.9 Å². The second kappa shape index (κ2) is 9.06. The van der Waals surface area contributed by atoms with Crippen molar-refractivity contribution < 1.29 is 19.4 Å². The highest BCUT2D eigenvalue weighted by Crippen LogP contribution is 2.50. The molecule has 4 heterocycles. The van der Waals surface area contributed by atoms with Crippen LogP contribution in [0.2, 0.25) is 0 Å². The summed E-state index contributed by atoms with van der Waals surface area (Å²) in [6.45, 7) is 3.74. The lowest BCUT2D eigenvalue weighted by Gasteiger charge is -2.34. The molecule has 1 aliphatic carbocycles. The minimum atomic E-state index is -0.724. The molecule has 33 heavy (non-hydrogen) atoms. The molecule has 2 N–H and O–H groups in total. The number of rotatable bonds is 6. The highest BCUT2D eigenvalue weighted by Gasteiger charge is 2.58. The summed E-state index contributed by atoms with van der Waals surface area (Å²) >= 11 is 0. The number of likely N-dealkylation sites (tertiary alicyclic amines) is 1. The molecule has 8 heteroatoms. The van der Waals surface area contributed by atoms with Crippen molar-refractivity contribution in [1.29, 1.82) is 0 Å². The van der Waals surface area contributed by atoms with Crippen LogP contribution in [0.4, 0.5) is 0 Å². The maximum absolute atomic E-state index is 13.8. The van der Waals surface area contributed by atoms with Gasteiger partial charge in [-0.15, -0.1) is 0 Å². The van der Waals surface area contributed by atoms with Crippen LogP contribution < -0.4 is 10.9 Å². The van der Waals surface area contributed by atoms with E-state index in [2.05, 4.69) is 5.32 Å². The minimum Gasteiger partial charge on any atom is -0.396 e. The number of nitrogens with one attached hydrogen (secondary N) is 1. The van der Waals surface area contributed by atoms with Gasteiger partial charge >= 0.3 is 0 Å². The fourth-order valence-corrected chi connectivity index (χ4v) is 5.88. The van der Waals surface area contributed by atoms with E-state index < -0.39 is 12.0 Å². The van der Waals surface area contributed by atoms with Crippen LogP contribution in [-0.4, -0.2) is 58.8 Å². The number of hydrogen-bond acceptors (Lipinski definition) is 5. The van der Waals surface area contributed by atoms with E-state index >= 15 is 0 Å². The summed E-state index contributed by atoms with van der Waals surface area (Å²) in [7, 11) is 0. The smallest absolute Gasteiger partial charge is 0.258 e. The lowest BCUT2D eigenvalue weighted by Crippen LogP contribution is -2.52. The van der Waals surface area contributed by atoms with Gasteiger partial charge in [0.1, 0.15) is 6.04 Å². The minimum absolute atomic E-state index is 0.0609. The molecular weight excluding hydrogens is 422 g/mol. The van der Waals surface area contributed by atoms with E-state index in [0.717, 1.165) is 18.5 Å². The van der Waals surface area contributed by atoms with Gasteiger partial charge in [-0.3, -0.25) is 14.4 Å². The predicted octanol–water partition coefficient (Wildman–Crippen LogP) is 1.32. The molecule has 8 nitrogen and oxygen atoms in total. The van der Waals surface area contributed by atoms with Crippen molar-refractivity contribution in [3.63, 3.8) is 0 Å². The van der Waals surface area contributed by atoms with Crippen LogP contribution in [0, 0.1) is 23.7 Å². The Hall–Kier alpha value is -2.45. The number of amides is 2. The third kappa shape index (κ3) is 3.93. The van der Waals surface area contributed by atoms with E-state index in [1.54, 1.807) is 21.6 Å². The number of carbonyl (C=O) groups is 2. The molecule has 4 aliphatic rings. The van der Waals surface area contributed by atoms with E-state index in [0.29, 0.717) is 50.6 Å². The average molecular weight is 456 g/mol. The topological polar surface area (TPSA) is 101 Å². The molecule has 178 valence electrons. The Morgan fingerprint density at radius 3 is 2.64 bits per heavy atom. The summed E-state index contributed by atoms with van der Waals surface area (Å²) in [6.07, 6.45) is 7.10. The van der Waals surface area contributed by atoms with Gasteiger partial charge in [-0.1, -0.05) is 12.2 Å². The van der Waals surface area contributed by atoms with E-state index in [9.17, 15) is 19.5 Å². The quantitative estimate of drug-likeness (QED) is 0.674. The first-order chi connectivity index (χ1) is 16.0. The molecule has 3 fully saturated rings. The highest BCUT2D eigenvalue weighted by atomic mass is 16.5. The number of aliphatic hydroxyl groups excluding tert-OH is 1. The maximum Gasteiger partial charge on any atom is 0.258 e. The third-order valence-electron chi connectivity index (χ3n) is 7.81. The Balaban J connectivity index is 1.53. The van der Waals surface area contributed by atoms with Crippen LogP contribution >= 0.6 is 0 Å². The van der Waals surface area contributed by atoms with Crippen LogP contribution in [0.5, 0.6) is 0 Å². The van der Waals surface area contributed by atoms with Crippen LogP contribution in [0.1, 0.15) is 49.9 Å². The molecule has 0 spiro atoms. The molecule has 2 amide bonds. The number of ether oxygens (including phenoxy) is 1. The number of pyridine rings is 1. The molecular formula is C25H33N3O5. The average Bonchev–Trinajstić information content (AvgIpc) is 3.51. The summed E-state index contributed by atoms with van der Waals surface area (Å²) in [5.41, 5.74) is 1.27. The van der Waals surface area contributed by atoms with Gasteiger partial charge in [0.25, 0.3) is 5.56 Å². The largest absolute Gasteiger partial charge is 0.396 e. The van der Waals surface area contributed by atoms with Crippen molar-refractivity contribution in [3.8, 4) is 0 Å². The zero-order chi connectivity index (χ0) is 23.1. The first-order valence-corrected chi connectivity index (χ1v) is 12.2. The summed E-state index contributed by atoms with van der Waals surface area (Å²) in [6, 6.07) is 2.59. The fourth-order valence-electron chi connectivity index (χ4n) is 5.88. The third-order valence-corrected chi connectivity index (χ3v) is 7.81. The summed E-state index contributed by atoms with van der Waals surface area (Å²) in [5, 5.41) is 13.4. The standard InChI is InChI=1S/C25H33N3O5/c1-2-3-16-6-7-20-21-18(13-27(20)24(16)31)19(14-29)22(23(30)26-12-15-4-5-15)28(21)25(32)17-8-10-33-11-9-17/h2-3,6-7,15,17-19,21-22,29H,4-5,8-14H2,1H3,(H,26,30)/b3-2-/t18-,19-,21+,22-/m0/s1. The monoisotopic (exact) mass is 455 g/mol. The molecule has 5 rings (SSSR count). The molecule has 2 saturated heterocycles. The molecule has 4 atom stereocenters. The van der Waals surface area contributed by atoms with Gasteiger partial charge < -0.3 is 24.6 Å². The van der Waals surface area contributed by atoms with Crippen molar-refractivity contribution in [2.24, 2.45) is 23.7 Å². The lowest BCUT2D eigenvalue weighted by atomic mass is 9.88. The van der Waals surface area contributed by atoms with E-state index in [1.165, 1.54) is 0 Å². The van der Waals surface area contributed by atoms with E-state index in [4.69, 9.17) is 4.74 Å². The zero-order valence-electron chi connectivity index (χ0n) is 19.1. The molecule has 0 unspecified atom stereocenters. The van der Waals surface area contributed by atoms with Gasteiger partial charge in [-0.25, -0.2) is 0 Å². The van der Waals surface area contributed by atoms with Crippen LogP contribution in [0.15, 0.2) is 23.0 Å². The highest BCUT2D eigenvalue weighted by molar-refractivity contribution is 5.90. The SMILES string of the molecule is C/C=C\c1ccc2n(c1=O)C[C@H]1[C@H](CO)[C@@H](C(=O)NCC3CC3)N(C(=O)C3CCOCC3)[C@@H]21. The molecule has 1 aromatic heterocycles. The van der Waals surface area contributed by atoms with Crippen molar-refractivity contribution in [1.82, 2.24) is 14.8 Å². The van der Waals surface area contributed by atoms with Gasteiger partial charge in [-0.2, -0.15) is 0 Å². The molecule has 0 bridgehead atoms. The van der Waals surface area contributed by atoms with Crippen molar-refractivity contribution in [3.05, 3.63) is 39.8 Å². The normalized spacial score (nSPS) is 29.3. The number of fused-ring (bicyclic) bond motifs is 3. The second-order valence-electron chi connectivity index (χ2n) is 9.85. The lowest BCUT2D eigenvalue weighted by molar-refractivity contribution is -0.147. The Kier molecular flexibility index (Phi) is 6.14. The number of hydrogen-bond donors (Lipinski definition) is 2. The summed E-state index contributed by atoms with van der Waals surface area (Å²) in [4.78, 5) is 42.0. The van der Waals surface area contributed by atoms with Gasteiger partial charge in [0.05, 0.1) is 6.04 Å². The Morgan fingerprint density at radius 2 is 1.97 bits per heavy atom. The molecule has 1 saturated carbocycles. The number of aromatic nitrogens is 1. The number of carbonyl (C=O) groups excluding carboxylic acids is 2. The number of nitrogens with zero attached hydrogens (tertiary/aromatic N) is 2. The van der Waals surface area contributed by atoms with Crippen molar-refractivity contribution in [2.45, 2.75) is 51.2 Å². The molecule has 0 radical (unpaired) electrons. The number of allylic oxidation sites excluding steroid dienone is 1. The predicted molar refractivity (Wildman–Crippen MR) is 122 cm³/mol. The Bertz CT molecular complexity index is 1010. The molecule has 1 aromatic rings. The summed E-state index contributed by atoms with van der Waals surface area (Å²) in [5.74, 6) is -0.527. The molecule has 0 aromatic carbocycles. The van der Waals surface area contributed by atoms with Gasteiger partial charge in [0, 0.05) is 61.9 Å².